The Balaban J connectivity index is 2.02. The zero-order valence-corrected chi connectivity index (χ0v) is 11.4. The summed E-state index contributed by atoms with van der Waals surface area (Å²) in [5.41, 5.74) is 3.66. The van der Waals surface area contributed by atoms with Gasteiger partial charge in [-0.1, -0.05) is 25.1 Å². The second kappa shape index (κ2) is 5.48. The molecule has 0 aliphatic carbocycles. The normalized spacial score (nSPS) is 12.9. The number of fused-ring (bicyclic) bond motifs is 1. The van der Waals surface area contributed by atoms with Crippen LogP contribution in [0.4, 0.5) is 0 Å². The number of imidazole rings is 1. The monoisotopic (exact) mass is 270 g/mol. The van der Waals surface area contributed by atoms with Gasteiger partial charge in [-0.15, -0.1) is 0 Å². The van der Waals surface area contributed by atoms with Crippen LogP contribution in [-0.2, 0) is 6.54 Å². The van der Waals surface area contributed by atoms with E-state index in [-0.39, 0.29) is 6.04 Å². The van der Waals surface area contributed by atoms with Gasteiger partial charge < -0.3 is 8.98 Å². The average molecular weight is 270 g/mol. The minimum absolute atomic E-state index is 0.246. The lowest BCUT2D eigenvalue weighted by Crippen LogP contribution is -2.30. The fourth-order valence-corrected chi connectivity index (χ4v) is 2.44. The van der Waals surface area contributed by atoms with E-state index in [0.29, 0.717) is 0 Å². The summed E-state index contributed by atoms with van der Waals surface area (Å²) in [6.45, 7) is 3.05. The van der Waals surface area contributed by atoms with Gasteiger partial charge in [0.25, 0.3) is 0 Å². The first kappa shape index (κ1) is 12.9. The van der Waals surface area contributed by atoms with Crippen molar-refractivity contribution in [2.75, 3.05) is 0 Å². The molecule has 5 heteroatoms. The second-order valence-corrected chi connectivity index (χ2v) is 4.77. The van der Waals surface area contributed by atoms with Gasteiger partial charge in [-0.25, -0.2) is 10.4 Å². The summed E-state index contributed by atoms with van der Waals surface area (Å²) in [6, 6.07) is 9.68. The molecular weight excluding hydrogens is 252 g/mol. The Morgan fingerprint density at radius 1 is 1.40 bits per heavy atom. The lowest BCUT2D eigenvalue weighted by Gasteiger charge is -2.14. The molecule has 0 fully saturated rings. The summed E-state index contributed by atoms with van der Waals surface area (Å²) in [5, 5.41) is 1.07. The van der Waals surface area contributed by atoms with Gasteiger partial charge in [0.1, 0.15) is 23.2 Å². The largest absolute Gasteiger partial charge is 0.459 e. The maximum absolute atomic E-state index is 5.88. The van der Waals surface area contributed by atoms with Crippen LogP contribution in [0.25, 0.3) is 11.0 Å². The Morgan fingerprint density at radius 3 is 3.00 bits per heavy atom. The molecule has 5 nitrogen and oxygen atoms in total. The van der Waals surface area contributed by atoms with Crippen molar-refractivity contribution in [3.05, 3.63) is 54.3 Å². The summed E-state index contributed by atoms with van der Waals surface area (Å²) in [7, 11) is 0. The number of nitrogens with zero attached hydrogens (tertiary/aromatic N) is 2. The molecule has 1 unspecified atom stereocenters. The maximum atomic E-state index is 5.88. The van der Waals surface area contributed by atoms with Gasteiger partial charge in [-0.3, -0.25) is 5.84 Å². The summed E-state index contributed by atoms with van der Waals surface area (Å²) in [5.74, 6) is 7.36. The molecule has 104 valence electrons. The second-order valence-electron chi connectivity index (χ2n) is 4.77. The number of nitrogens with one attached hydrogen (secondary N) is 1. The van der Waals surface area contributed by atoms with Crippen molar-refractivity contribution in [3.63, 3.8) is 0 Å². The fraction of sp³-hybridized carbons (Fsp3) is 0.267. The van der Waals surface area contributed by atoms with Crippen LogP contribution in [0.2, 0.25) is 0 Å². The average Bonchev–Trinajstić information content (AvgIpc) is 3.07. The van der Waals surface area contributed by atoms with Gasteiger partial charge >= 0.3 is 0 Å². The summed E-state index contributed by atoms with van der Waals surface area (Å²) in [6.07, 6.45) is 4.80. The van der Waals surface area contributed by atoms with Crippen LogP contribution in [0.15, 0.2) is 47.1 Å². The highest BCUT2D eigenvalue weighted by Crippen LogP contribution is 2.27. The fourth-order valence-electron chi connectivity index (χ4n) is 2.44. The number of hydrazine groups is 1. The molecule has 0 aliphatic rings. The molecule has 0 saturated heterocycles. The minimum atomic E-state index is -0.246. The Hall–Kier alpha value is -2.11. The zero-order chi connectivity index (χ0) is 13.9. The molecule has 0 aliphatic heterocycles. The van der Waals surface area contributed by atoms with Gasteiger partial charge in [0.2, 0.25) is 0 Å². The van der Waals surface area contributed by atoms with E-state index in [1.165, 1.54) is 0 Å². The van der Waals surface area contributed by atoms with E-state index in [4.69, 9.17) is 10.3 Å². The first-order chi connectivity index (χ1) is 9.83. The Kier molecular flexibility index (Phi) is 3.54. The Labute approximate surface area is 117 Å². The SMILES string of the molecule is CCCn1ccnc1C(NN)c1cc2ccccc2o1. The van der Waals surface area contributed by atoms with Crippen LogP contribution < -0.4 is 11.3 Å². The smallest absolute Gasteiger partial charge is 0.137 e. The number of aromatic nitrogens is 2. The van der Waals surface area contributed by atoms with Crippen LogP contribution in [-0.4, -0.2) is 9.55 Å². The van der Waals surface area contributed by atoms with Gasteiger partial charge in [0.05, 0.1) is 0 Å². The molecule has 2 aromatic heterocycles. The van der Waals surface area contributed by atoms with Gasteiger partial charge in [-0.2, -0.15) is 0 Å². The van der Waals surface area contributed by atoms with Crippen LogP contribution >= 0.6 is 0 Å². The Morgan fingerprint density at radius 2 is 2.25 bits per heavy atom. The standard InChI is InChI=1S/C15H18N4O/c1-2-8-19-9-7-17-15(19)14(18-16)13-10-11-5-3-4-6-12(11)20-13/h3-7,9-10,14,18H,2,8,16H2,1H3. The van der Waals surface area contributed by atoms with Crippen LogP contribution in [0, 0.1) is 0 Å². The highest BCUT2D eigenvalue weighted by atomic mass is 16.3. The van der Waals surface area contributed by atoms with E-state index in [9.17, 15) is 0 Å². The minimum Gasteiger partial charge on any atom is -0.459 e. The number of nitrogens with two attached hydrogens (primary N) is 1. The third kappa shape index (κ3) is 2.21. The molecule has 0 amide bonds. The summed E-state index contributed by atoms with van der Waals surface area (Å²) in [4.78, 5) is 4.41. The third-order valence-electron chi connectivity index (χ3n) is 3.37. The molecule has 1 atom stereocenters. The number of hydrogen-bond acceptors (Lipinski definition) is 4. The quantitative estimate of drug-likeness (QED) is 0.552. The molecule has 2 heterocycles. The first-order valence-electron chi connectivity index (χ1n) is 6.79. The lowest BCUT2D eigenvalue weighted by molar-refractivity contribution is 0.448. The van der Waals surface area contributed by atoms with Crippen LogP contribution in [0.1, 0.15) is 31.0 Å². The summed E-state index contributed by atoms with van der Waals surface area (Å²) >= 11 is 0. The van der Waals surface area contributed by atoms with Crippen molar-refractivity contribution in [1.82, 2.24) is 15.0 Å². The van der Waals surface area contributed by atoms with E-state index in [1.807, 2.05) is 36.5 Å². The number of hydrogen-bond donors (Lipinski definition) is 2. The van der Waals surface area contributed by atoms with Crippen LogP contribution in [0.5, 0.6) is 0 Å². The number of benzene rings is 1. The zero-order valence-electron chi connectivity index (χ0n) is 11.4. The number of aryl methyl sites for hydroxylation is 1. The topological polar surface area (TPSA) is 69.0 Å². The van der Waals surface area contributed by atoms with E-state index < -0.39 is 0 Å². The van der Waals surface area contributed by atoms with Crippen molar-refractivity contribution in [2.24, 2.45) is 5.84 Å². The lowest BCUT2D eigenvalue weighted by atomic mass is 10.2. The molecule has 0 bridgehead atoms. The molecule has 20 heavy (non-hydrogen) atoms. The van der Waals surface area contributed by atoms with E-state index in [1.54, 1.807) is 6.20 Å². The van der Waals surface area contributed by atoms with Crippen molar-refractivity contribution < 1.29 is 4.42 Å². The molecule has 0 saturated carbocycles. The van der Waals surface area contributed by atoms with E-state index in [2.05, 4.69) is 21.9 Å². The molecule has 3 aromatic rings. The highest BCUT2D eigenvalue weighted by Gasteiger charge is 2.21. The first-order valence-corrected chi connectivity index (χ1v) is 6.79. The van der Waals surface area contributed by atoms with Crippen LogP contribution in [0.3, 0.4) is 0 Å². The molecule has 3 N–H and O–H groups in total. The summed E-state index contributed by atoms with van der Waals surface area (Å²) < 4.78 is 7.98. The molecule has 3 rings (SSSR count). The van der Waals surface area contributed by atoms with Gasteiger partial charge in [0, 0.05) is 24.3 Å². The van der Waals surface area contributed by atoms with Crippen molar-refractivity contribution >= 4 is 11.0 Å². The molecule has 0 radical (unpaired) electrons. The maximum Gasteiger partial charge on any atom is 0.137 e. The number of rotatable bonds is 5. The van der Waals surface area contributed by atoms with Gasteiger partial charge in [-0.05, 0) is 18.6 Å². The highest BCUT2D eigenvalue weighted by molar-refractivity contribution is 5.77. The number of furan rings is 1. The van der Waals surface area contributed by atoms with Crippen molar-refractivity contribution in [1.29, 1.82) is 0 Å². The Bertz CT molecular complexity index is 668. The molecule has 0 spiro atoms. The molecular formula is C15H18N4O. The third-order valence-corrected chi connectivity index (χ3v) is 3.37. The predicted octanol–water partition coefficient (Wildman–Crippen LogP) is 2.59. The predicted molar refractivity (Wildman–Crippen MR) is 77.9 cm³/mol. The van der Waals surface area contributed by atoms with E-state index >= 15 is 0 Å². The van der Waals surface area contributed by atoms with Gasteiger partial charge in [0.15, 0.2) is 0 Å². The van der Waals surface area contributed by atoms with Crippen molar-refractivity contribution in [3.8, 4) is 0 Å². The van der Waals surface area contributed by atoms with Crippen molar-refractivity contribution in [2.45, 2.75) is 25.9 Å². The molecule has 1 aromatic carbocycles. The van der Waals surface area contributed by atoms with E-state index in [0.717, 1.165) is 35.5 Å². The number of para-hydroxylation sites is 1.